The molecule has 5 nitrogen and oxygen atoms in total. The van der Waals surface area contributed by atoms with E-state index in [4.69, 9.17) is 9.47 Å². The molecule has 4 rings (SSSR count). The van der Waals surface area contributed by atoms with Crippen molar-refractivity contribution in [2.45, 2.75) is 27.4 Å². The summed E-state index contributed by atoms with van der Waals surface area (Å²) in [6, 6.07) is 16.0. The number of hydrogen-bond donors (Lipinski definition) is 1. The molecule has 1 N–H and O–H groups in total. The molecule has 1 fully saturated rings. The standard InChI is InChI=1S/C27H25FN2O3S/c1-16-11-17(2)20(18(3)12-16)15-33-23-10-9-19(13-24(23)32-4)14-25-26(31)30-27(34-25)29-22-8-6-5-7-21(22)28/h5-14H,15H2,1-4H3,(H,29,30,31)/b25-14-. The largest absolute Gasteiger partial charge is 0.493 e. The maximum atomic E-state index is 13.9. The number of carbonyl (C=O) groups is 1. The van der Waals surface area contributed by atoms with Crippen molar-refractivity contribution in [3.63, 3.8) is 0 Å². The molecule has 0 atom stereocenters. The summed E-state index contributed by atoms with van der Waals surface area (Å²) in [6.45, 7) is 6.68. The lowest BCUT2D eigenvalue weighted by Gasteiger charge is -2.15. The third-order valence-electron chi connectivity index (χ3n) is 5.42. The molecule has 174 valence electrons. The highest BCUT2D eigenvalue weighted by Crippen LogP contribution is 2.33. The van der Waals surface area contributed by atoms with Gasteiger partial charge in [-0.3, -0.25) is 4.79 Å². The van der Waals surface area contributed by atoms with Crippen molar-refractivity contribution < 1.29 is 18.7 Å². The van der Waals surface area contributed by atoms with Crippen LogP contribution in [0, 0.1) is 26.6 Å². The van der Waals surface area contributed by atoms with E-state index in [2.05, 4.69) is 43.2 Å². The number of carbonyl (C=O) groups excluding carboxylic acids is 1. The minimum absolute atomic E-state index is 0.175. The highest BCUT2D eigenvalue weighted by molar-refractivity contribution is 8.18. The Morgan fingerprint density at radius 2 is 1.76 bits per heavy atom. The van der Waals surface area contributed by atoms with Crippen LogP contribution in [0.3, 0.4) is 0 Å². The summed E-state index contributed by atoms with van der Waals surface area (Å²) in [5, 5.41) is 3.01. The number of benzene rings is 3. The van der Waals surface area contributed by atoms with E-state index < -0.39 is 5.82 Å². The number of aliphatic imine (C=N–C) groups is 1. The SMILES string of the molecule is COc1cc(/C=C2\SC(=Nc3ccccc3F)NC2=O)ccc1OCc1c(C)cc(C)cc1C. The molecule has 0 saturated carbocycles. The van der Waals surface area contributed by atoms with E-state index in [-0.39, 0.29) is 11.6 Å². The lowest BCUT2D eigenvalue weighted by molar-refractivity contribution is -0.115. The Bertz CT molecular complexity index is 1290. The van der Waals surface area contributed by atoms with E-state index in [9.17, 15) is 9.18 Å². The Labute approximate surface area is 202 Å². The summed E-state index contributed by atoms with van der Waals surface area (Å²) in [7, 11) is 1.58. The van der Waals surface area contributed by atoms with Gasteiger partial charge in [-0.2, -0.15) is 0 Å². The van der Waals surface area contributed by atoms with E-state index in [1.54, 1.807) is 31.4 Å². The third kappa shape index (κ3) is 5.31. The number of para-hydroxylation sites is 1. The average Bonchev–Trinajstić information content (AvgIpc) is 3.13. The number of ether oxygens (including phenoxy) is 2. The molecular formula is C27H25FN2O3S. The fourth-order valence-electron chi connectivity index (χ4n) is 3.76. The van der Waals surface area contributed by atoms with Crippen LogP contribution in [0.5, 0.6) is 11.5 Å². The first-order valence-corrected chi connectivity index (χ1v) is 11.6. The van der Waals surface area contributed by atoms with Crippen molar-refractivity contribution in [1.29, 1.82) is 0 Å². The zero-order valence-electron chi connectivity index (χ0n) is 19.4. The van der Waals surface area contributed by atoms with Crippen molar-refractivity contribution in [3.8, 4) is 11.5 Å². The number of thioether (sulfide) groups is 1. The van der Waals surface area contributed by atoms with Gasteiger partial charge in [0.05, 0.1) is 12.0 Å². The van der Waals surface area contributed by atoms with Crippen LogP contribution in [-0.4, -0.2) is 18.2 Å². The van der Waals surface area contributed by atoms with Crippen LogP contribution < -0.4 is 14.8 Å². The number of halogens is 1. The molecule has 3 aromatic rings. The zero-order valence-corrected chi connectivity index (χ0v) is 20.3. The number of rotatable bonds is 6. The van der Waals surface area contributed by atoms with Gasteiger partial charge >= 0.3 is 0 Å². The molecule has 0 aliphatic carbocycles. The van der Waals surface area contributed by atoms with E-state index in [0.29, 0.717) is 28.2 Å². The minimum atomic E-state index is -0.446. The smallest absolute Gasteiger partial charge is 0.264 e. The predicted octanol–water partition coefficient (Wildman–Crippen LogP) is 6.23. The van der Waals surface area contributed by atoms with Gasteiger partial charge < -0.3 is 14.8 Å². The third-order valence-corrected chi connectivity index (χ3v) is 6.33. The summed E-state index contributed by atoms with van der Waals surface area (Å²) in [5.41, 5.74) is 5.71. The van der Waals surface area contributed by atoms with Gasteiger partial charge in [-0.25, -0.2) is 9.38 Å². The Morgan fingerprint density at radius 1 is 1.03 bits per heavy atom. The molecule has 0 unspecified atom stereocenters. The molecule has 0 spiro atoms. The van der Waals surface area contributed by atoms with Gasteiger partial charge in [0, 0.05) is 0 Å². The molecular weight excluding hydrogens is 451 g/mol. The highest BCUT2D eigenvalue weighted by Gasteiger charge is 2.24. The number of hydrogen-bond acceptors (Lipinski definition) is 5. The summed E-state index contributed by atoms with van der Waals surface area (Å²) in [5.74, 6) is 0.457. The van der Waals surface area contributed by atoms with E-state index >= 15 is 0 Å². The normalized spacial score (nSPS) is 15.6. The topological polar surface area (TPSA) is 59.9 Å². The summed E-state index contributed by atoms with van der Waals surface area (Å²) < 4.78 is 25.5. The van der Waals surface area contributed by atoms with Crippen molar-refractivity contribution in [1.82, 2.24) is 5.32 Å². The van der Waals surface area contributed by atoms with Gasteiger partial charge in [-0.1, -0.05) is 35.9 Å². The first-order valence-electron chi connectivity index (χ1n) is 10.8. The van der Waals surface area contributed by atoms with Crippen LogP contribution in [0.15, 0.2) is 64.5 Å². The molecule has 0 aromatic heterocycles. The van der Waals surface area contributed by atoms with Crippen LogP contribution in [0.2, 0.25) is 0 Å². The quantitative estimate of drug-likeness (QED) is 0.429. The van der Waals surface area contributed by atoms with E-state index in [1.807, 2.05) is 18.2 Å². The van der Waals surface area contributed by atoms with Gasteiger partial charge in [0.25, 0.3) is 5.91 Å². The summed E-state index contributed by atoms with van der Waals surface area (Å²) in [6.07, 6.45) is 1.74. The van der Waals surface area contributed by atoms with Crippen LogP contribution in [-0.2, 0) is 11.4 Å². The van der Waals surface area contributed by atoms with Crippen molar-refractivity contribution >= 4 is 34.6 Å². The van der Waals surface area contributed by atoms with Crippen LogP contribution in [0.1, 0.15) is 27.8 Å². The maximum absolute atomic E-state index is 13.9. The molecule has 1 aliphatic heterocycles. The number of nitrogens with one attached hydrogen (secondary N) is 1. The summed E-state index contributed by atoms with van der Waals surface area (Å²) >= 11 is 1.16. The van der Waals surface area contributed by atoms with E-state index in [0.717, 1.165) is 22.9 Å². The number of amidine groups is 1. The lowest BCUT2D eigenvalue weighted by Crippen LogP contribution is -2.19. The molecule has 1 amide bonds. The molecule has 1 saturated heterocycles. The average molecular weight is 477 g/mol. The van der Waals surface area contributed by atoms with Gasteiger partial charge in [0.15, 0.2) is 16.7 Å². The number of aryl methyl sites for hydroxylation is 3. The van der Waals surface area contributed by atoms with Crippen molar-refractivity contribution in [3.05, 3.63) is 93.1 Å². The second-order valence-electron chi connectivity index (χ2n) is 8.01. The Kier molecular flexibility index (Phi) is 7.03. The van der Waals surface area contributed by atoms with Crippen LogP contribution >= 0.6 is 11.8 Å². The molecule has 1 aliphatic rings. The molecule has 3 aromatic carbocycles. The second kappa shape index (κ2) is 10.1. The first-order chi connectivity index (χ1) is 16.3. The molecule has 7 heteroatoms. The van der Waals surface area contributed by atoms with Gasteiger partial charge in [-0.05, 0) is 85.1 Å². The van der Waals surface area contributed by atoms with Gasteiger partial charge in [0.1, 0.15) is 18.1 Å². The molecule has 1 heterocycles. The Morgan fingerprint density at radius 3 is 2.47 bits per heavy atom. The first kappa shape index (κ1) is 23.6. The summed E-state index contributed by atoms with van der Waals surface area (Å²) in [4.78, 5) is 17.1. The van der Waals surface area contributed by atoms with E-state index in [1.165, 1.54) is 22.8 Å². The Hall–Kier alpha value is -3.58. The predicted molar refractivity (Wildman–Crippen MR) is 135 cm³/mol. The zero-order chi connectivity index (χ0) is 24.2. The maximum Gasteiger partial charge on any atom is 0.264 e. The minimum Gasteiger partial charge on any atom is -0.493 e. The fraction of sp³-hybridized carbons (Fsp3) is 0.185. The van der Waals surface area contributed by atoms with Crippen molar-refractivity contribution in [2.24, 2.45) is 4.99 Å². The monoisotopic (exact) mass is 476 g/mol. The highest BCUT2D eigenvalue weighted by atomic mass is 32.2. The van der Waals surface area contributed by atoms with Crippen molar-refractivity contribution in [2.75, 3.05) is 7.11 Å². The van der Waals surface area contributed by atoms with Gasteiger partial charge in [-0.15, -0.1) is 0 Å². The van der Waals surface area contributed by atoms with Crippen LogP contribution in [0.4, 0.5) is 10.1 Å². The molecule has 0 radical (unpaired) electrons. The molecule has 34 heavy (non-hydrogen) atoms. The number of amides is 1. The lowest BCUT2D eigenvalue weighted by atomic mass is 10.0. The number of nitrogens with zero attached hydrogens (tertiary/aromatic N) is 1. The van der Waals surface area contributed by atoms with Crippen LogP contribution in [0.25, 0.3) is 6.08 Å². The Balaban J connectivity index is 1.51. The fourth-order valence-corrected chi connectivity index (χ4v) is 4.60. The number of methoxy groups -OCH3 is 1. The van der Waals surface area contributed by atoms with Gasteiger partial charge in [0.2, 0.25) is 0 Å². The second-order valence-corrected chi connectivity index (χ2v) is 9.04. The molecule has 0 bridgehead atoms.